The summed E-state index contributed by atoms with van der Waals surface area (Å²) in [4.78, 5) is 21.9. The summed E-state index contributed by atoms with van der Waals surface area (Å²) in [6, 6.07) is 0. The van der Waals surface area contributed by atoms with Crippen molar-refractivity contribution in [2.75, 3.05) is 19.6 Å². The number of carbonyl (C=O) groups excluding carboxylic acids is 1. The first-order valence-electron chi connectivity index (χ1n) is 6.56. The summed E-state index contributed by atoms with van der Waals surface area (Å²) < 4.78 is 0. The standard InChI is InChI=1S/C13H26N2O3/c1-4-14-9-6-11(16)15-10-8-13(2,3)7-5-12(17)18/h14H,4-10H2,1-3H3,(H,15,16)(H,17,18). The van der Waals surface area contributed by atoms with E-state index in [4.69, 9.17) is 5.11 Å². The van der Waals surface area contributed by atoms with Gasteiger partial charge in [-0.05, 0) is 24.8 Å². The molecule has 0 aliphatic carbocycles. The van der Waals surface area contributed by atoms with Crippen LogP contribution in [0.25, 0.3) is 0 Å². The third-order valence-electron chi connectivity index (χ3n) is 2.92. The number of hydrogen-bond donors (Lipinski definition) is 3. The molecule has 1 amide bonds. The summed E-state index contributed by atoms with van der Waals surface area (Å²) in [6.45, 7) is 8.24. The average Bonchev–Trinajstić information content (AvgIpc) is 2.27. The second kappa shape index (κ2) is 8.91. The fourth-order valence-corrected chi connectivity index (χ4v) is 1.58. The molecule has 18 heavy (non-hydrogen) atoms. The van der Waals surface area contributed by atoms with Crippen LogP contribution in [0.4, 0.5) is 0 Å². The van der Waals surface area contributed by atoms with Crippen molar-refractivity contribution >= 4 is 11.9 Å². The van der Waals surface area contributed by atoms with Gasteiger partial charge in [-0.1, -0.05) is 20.8 Å². The van der Waals surface area contributed by atoms with Crippen LogP contribution < -0.4 is 10.6 Å². The predicted molar refractivity (Wildman–Crippen MR) is 71.4 cm³/mol. The normalized spacial score (nSPS) is 11.3. The fraction of sp³-hybridized carbons (Fsp3) is 0.846. The maximum absolute atomic E-state index is 11.4. The van der Waals surface area contributed by atoms with E-state index in [0.29, 0.717) is 25.9 Å². The number of nitrogens with one attached hydrogen (secondary N) is 2. The molecule has 0 fully saturated rings. The lowest BCUT2D eigenvalue weighted by atomic mass is 9.84. The Morgan fingerprint density at radius 1 is 1.11 bits per heavy atom. The Morgan fingerprint density at radius 2 is 1.78 bits per heavy atom. The SMILES string of the molecule is CCNCCC(=O)NCCC(C)(C)CCC(=O)O. The monoisotopic (exact) mass is 258 g/mol. The number of carbonyl (C=O) groups is 2. The molecule has 0 aromatic rings. The molecule has 0 unspecified atom stereocenters. The lowest BCUT2D eigenvalue weighted by molar-refractivity contribution is -0.137. The van der Waals surface area contributed by atoms with Crippen molar-refractivity contribution in [3.8, 4) is 0 Å². The molecule has 0 aliphatic heterocycles. The predicted octanol–water partition coefficient (Wildman–Crippen LogP) is 1.38. The van der Waals surface area contributed by atoms with Crippen LogP contribution in [0.2, 0.25) is 0 Å². The highest BCUT2D eigenvalue weighted by Crippen LogP contribution is 2.25. The van der Waals surface area contributed by atoms with E-state index in [-0.39, 0.29) is 17.7 Å². The van der Waals surface area contributed by atoms with Crippen molar-refractivity contribution < 1.29 is 14.7 Å². The molecular weight excluding hydrogens is 232 g/mol. The summed E-state index contributed by atoms with van der Waals surface area (Å²) >= 11 is 0. The van der Waals surface area contributed by atoms with Crippen LogP contribution in [0.3, 0.4) is 0 Å². The molecule has 0 saturated carbocycles. The second-order valence-corrected chi connectivity index (χ2v) is 5.26. The van der Waals surface area contributed by atoms with Gasteiger partial charge in [0.05, 0.1) is 0 Å². The molecule has 106 valence electrons. The van der Waals surface area contributed by atoms with E-state index in [1.54, 1.807) is 0 Å². The molecule has 0 bridgehead atoms. The van der Waals surface area contributed by atoms with Gasteiger partial charge in [0.1, 0.15) is 0 Å². The van der Waals surface area contributed by atoms with Gasteiger partial charge in [0.25, 0.3) is 0 Å². The maximum Gasteiger partial charge on any atom is 0.303 e. The Hall–Kier alpha value is -1.10. The lowest BCUT2D eigenvalue weighted by Crippen LogP contribution is -2.30. The van der Waals surface area contributed by atoms with E-state index >= 15 is 0 Å². The highest BCUT2D eigenvalue weighted by atomic mass is 16.4. The Balaban J connectivity index is 3.68. The smallest absolute Gasteiger partial charge is 0.303 e. The number of aliphatic carboxylic acids is 1. The van der Waals surface area contributed by atoms with Crippen molar-refractivity contribution in [1.29, 1.82) is 0 Å². The minimum atomic E-state index is -0.766. The van der Waals surface area contributed by atoms with Gasteiger partial charge >= 0.3 is 5.97 Å². The molecule has 5 heteroatoms. The van der Waals surface area contributed by atoms with Crippen molar-refractivity contribution in [3.63, 3.8) is 0 Å². The van der Waals surface area contributed by atoms with Crippen LogP contribution in [0.1, 0.15) is 46.5 Å². The van der Waals surface area contributed by atoms with Crippen LogP contribution in [0, 0.1) is 5.41 Å². The summed E-state index contributed by atoms with van der Waals surface area (Å²) in [7, 11) is 0. The van der Waals surface area contributed by atoms with Crippen molar-refractivity contribution in [2.45, 2.75) is 46.5 Å². The Labute approximate surface area is 109 Å². The van der Waals surface area contributed by atoms with E-state index in [1.807, 2.05) is 20.8 Å². The maximum atomic E-state index is 11.4. The van der Waals surface area contributed by atoms with Crippen LogP contribution >= 0.6 is 0 Å². The quantitative estimate of drug-likeness (QED) is 0.517. The van der Waals surface area contributed by atoms with Crippen LogP contribution in [0.15, 0.2) is 0 Å². The van der Waals surface area contributed by atoms with Gasteiger partial charge in [-0.2, -0.15) is 0 Å². The zero-order chi connectivity index (χ0) is 14.0. The zero-order valence-electron chi connectivity index (χ0n) is 11.7. The molecule has 5 nitrogen and oxygen atoms in total. The highest BCUT2D eigenvalue weighted by molar-refractivity contribution is 5.76. The molecule has 0 aromatic carbocycles. The summed E-state index contributed by atoms with van der Waals surface area (Å²) in [5.74, 6) is -0.720. The second-order valence-electron chi connectivity index (χ2n) is 5.26. The van der Waals surface area contributed by atoms with E-state index in [1.165, 1.54) is 0 Å². The molecule has 0 atom stereocenters. The molecule has 3 N–H and O–H groups in total. The molecule has 0 aromatic heterocycles. The van der Waals surface area contributed by atoms with E-state index in [2.05, 4.69) is 10.6 Å². The van der Waals surface area contributed by atoms with Gasteiger partial charge in [-0.3, -0.25) is 9.59 Å². The first-order valence-corrected chi connectivity index (χ1v) is 6.56. The van der Waals surface area contributed by atoms with Gasteiger partial charge in [-0.25, -0.2) is 0 Å². The Bertz CT molecular complexity index is 265. The first-order chi connectivity index (χ1) is 8.37. The number of hydrogen-bond acceptors (Lipinski definition) is 3. The van der Waals surface area contributed by atoms with Gasteiger partial charge in [-0.15, -0.1) is 0 Å². The van der Waals surface area contributed by atoms with E-state index < -0.39 is 5.97 Å². The number of rotatable bonds is 10. The third kappa shape index (κ3) is 10.1. The molecule has 0 heterocycles. The van der Waals surface area contributed by atoms with Crippen molar-refractivity contribution in [1.82, 2.24) is 10.6 Å². The molecule has 0 rings (SSSR count). The minimum Gasteiger partial charge on any atom is -0.481 e. The zero-order valence-corrected chi connectivity index (χ0v) is 11.7. The number of carboxylic acid groups (broad SMARTS) is 1. The highest BCUT2D eigenvalue weighted by Gasteiger charge is 2.19. The summed E-state index contributed by atoms with van der Waals surface area (Å²) in [5, 5.41) is 14.6. The van der Waals surface area contributed by atoms with Gasteiger partial charge < -0.3 is 15.7 Å². The van der Waals surface area contributed by atoms with Crippen molar-refractivity contribution in [3.05, 3.63) is 0 Å². The third-order valence-corrected chi connectivity index (χ3v) is 2.92. The van der Waals surface area contributed by atoms with Crippen LogP contribution in [-0.2, 0) is 9.59 Å². The molecule has 0 aliphatic rings. The molecular formula is C13H26N2O3. The number of carboxylic acids is 1. The van der Waals surface area contributed by atoms with Gasteiger partial charge in [0.15, 0.2) is 0 Å². The molecule has 0 saturated heterocycles. The largest absolute Gasteiger partial charge is 0.481 e. The topological polar surface area (TPSA) is 78.4 Å². The number of amides is 1. The van der Waals surface area contributed by atoms with Gasteiger partial charge in [0.2, 0.25) is 5.91 Å². The van der Waals surface area contributed by atoms with E-state index in [9.17, 15) is 9.59 Å². The molecule has 0 spiro atoms. The first kappa shape index (κ1) is 16.9. The lowest BCUT2D eigenvalue weighted by Gasteiger charge is -2.23. The van der Waals surface area contributed by atoms with E-state index in [0.717, 1.165) is 13.0 Å². The summed E-state index contributed by atoms with van der Waals surface area (Å²) in [5.41, 5.74) is -0.0483. The van der Waals surface area contributed by atoms with Crippen LogP contribution in [-0.4, -0.2) is 36.6 Å². The van der Waals surface area contributed by atoms with Gasteiger partial charge in [0, 0.05) is 25.9 Å². The minimum absolute atomic E-state index is 0.0463. The van der Waals surface area contributed by atoms with Crippen molar-refractivity contribution in [2.24, 2.45) is 5.41 Å². The Morgan fingerprint density at radius 3 is 2.33 bits per heavy atom. The summed E-state index contributed by atoms with van der Waals surface area (Å²) in [6.07, 6.45) is 2.10. The Kier molecular flexibility index (Phi) is 8.37. The molecule has 0 radical (unpaired) electrons. The average molecular weight is 258 g/mol. The fourth-order valence-electron chi connectivity index (χ4n) is 1.58. The van der Waals surface area contributed by atoms with Crippen LogP contribution in [0.5, 0.6) is 0 Å².